The summed E-state index contributed by atoms with van der Waals surface area (Å²) in [5, 5.41) is 3.05. The number of nitrogens with one attached hydrogen (secondary N) is 1. The SMILES string of the molecule is CNc1ccc(N2CCOCC2)c2c1C(=O)c1ccccc1C2=O. The number of carbonyl (C=O) groups is 2. The van der Waals surface area contributed by atoms with Crippen molar-refractivity contribution in [2.24, 2.45) is 0 Å². The third-order valence-electron chi connectivity index (χ3n) is 4.67. The Morgan fingerprint density at radius 1 is 0.917 bits per heavy atom. The van der Waals surface area contributed by atoms with Crippen LogP contribution in [0.4, 0.5) is 11.4 Å². The number of ether oxygens (including phenoxy) is 1. The molecule has 1 aliphatic heterocycles. The van der Waals surface area contributed by atoms with Gasteiger partial charge in [0.25, 0.3) is 0 Å². The number of rotatable bonds is 2. The predicted octanol–water partition coefficient (Wildman–Crippen LogP) is 2.34. The minimum Gasteiger partial charge on any atom is -0.388 e. The van der Waals surface area contributed by atoms with Crippen LogP contribution in [-0.2, 0) is 4.74 Å². The zero-order chi connectivity index (χ0) is 16.7. The number of fused-ring (bicyclic) bond motifs is 2. The Morgan fingerprint density at radius 3 is 2.17 bits per heavy atom. The van der Waals surface area contributed by atoms with E-state index in [9.17, 15) is 9.59 Å². The van der Waals surface area contributed by atoms with Crippen LogP contribution in [0.15, 0.2) is 36.4 Å². The second kappa shape index (κ2) is 5.76. The molecule has 1 aliphatic carbocycles. The van der Waals surface area contributed by atoms with E-state index in [2.05, 4.69) is 10.2 Å². The van der Waals surface area contributed by atoms with Crippen molar-refractivity contribution in [3.05, 3.63) is 58.7 Å². The minimum atomic E-state index is -0.0975. The van der Waals surface area contributed by atoms with Crippen molar-refractivity contribution in [2.75, 3.05) is 43.6 Å². The Kier molecular flexibility index (Phi) is 3.58. The number of hydrogen-bond acceptors (Lipinski definition) is 5. The van der Waals surface area contributed by atoms with Crippen molar-refractivity contribution >= 4 is 22.9 Å². The number of anilines is 2. The van der Waals surface area contributed by atoms with Gasteiger partial charge in [-0.3, -0.25) is 9.59 Å². The van der Waals surface area contributed by atoms with Crippen LogP contribution in [0.25, 0.3) is 0 Å². The molecule has 1 saturated heterocycles. The fourth-order valence-electron chi connectivity index (χ4n) is 3.48. The molecule has 0 aromatic heterocycles. The van der Waals surface area contributed by atoms with Crippen LogP contribution in [0.5, 0.6) is 0 Å². The molecule has 4 rings (SSSR count). The normalized spacial score (nSPS) is 16.6. The average Bonchev–Trinajstić information content (AvgIpc) is 2.65. The van der Waals surface area contributed by atoms with Crippen molar-refractivity contribution < 1.29 is 14.3 Å². The van der Waals surface area contributed by atoms with Crippen LogP contribution in [0, 0.1) is 0 Å². The highest BCUT2D eigenvalue weighted by Crippen LogP contribution is 2.38. The Labute approximate surface area is 140 Å². The molecular formula is C19H18N2O3. The molecule has 0 unspecified atom stereocenters. The smallest absolute Gasteiger partial charge is 0.196 e. The molecule has 0 bridgehead atoms. The Bertz CT molecular complexity index is 839. The molecule has 1 fully saturated rings. The number of carbonyl (C=O) groups excluding carboxylic acids is 2. The van der Waals surface area contributed by atoms with Crippen LogP contribution < -0.4 is 10.2 Å². The third kappa shape index (κ3) is 2.12. The van der Waals surface area contributed by atoms with Crippen LogP contribution >= 0.6 is 0 Å². The number of nitrogens with zero attached hydrogens (tertiary/aromatic N) is 1. The number of hydrogen-bond donors (Lipinski definition) is 1. The number of benzene rings is 2. The second-order valence-electron chi connectivity index (χ2n) is 5.94. The van der Waals surface area contributed by atoms with E-state index in [1.807, 2.05) is 12.1 Å². The van der Waals surface area contributed by atoms with E-state index >= 15 is 0 Å². The first-order valence-corrected chi connectivity index (χ1v) is 8.08. The molecule has 2 aromatic carbocycles. The van der Waals surface area contributed by atoms with Gasteiger partial charge >= 0.3 is 0 Å². The van der Waals surface area contributed by atoms with Gasteiger partial charge < -0.3 is 15.0 Å². The van der Waals surface area contributed by atoms with Crippen LogP contribution in [0.3, 0.4) is 0 Å². The average molecular weight is 322 g/mol. The first-order valence-electron chi connectivity index (χ1n) is 8.08. The largest absolute Gasteiger partial charge is 0.388 e. The van der Waals surface area contributed by atoms with Gasteiger partial charge in [-0.2, -0.15) is 0 Å². The van der Waals surface area contributed by atoms with Gasteiger partial charge in [0.15, 0.2) is 11.6 Å². The van der Waals surface area contributed by atoms with Crippen molar-refractivity contribution in [3.63, 3.8) is 0 Å². The number of morpholine rings is 1. The summed E-state index contributed by atoms with van der Waals surface area (Å²) in [7, 11) is 1.77. The molecule has 122 valence electrons. The summed E-state index contributed by atoms with van der Waals surface area (Å²) in [4.78, 5) is 28.3. The van der Waals surface area contributed by atoms with Crippen LogP contribution in [-0.4, -0.2) is 44.9 Å². The standard InChI is InChI=1S/C19H18N2O3/c1-20-14-6-7-15(21-8-10-24-11-9-21)17-16(14)18(22)12-4-2-3-5-13(12)19(17)23/h2-7,20H,8-11H2,1H3. The number of ketones is 2. The highest BCUT2D eigenvalue weighted by atomic mass is 16.5. The minimum absolute atomic E-state index is 0.0845. The van der Waals surface area contributed by atoms with Gasteiger partial charge in [0.1, 0.15) is 0 Å². The molecule has 0 saturated carbocycles. The molecule has 0 spiro atoms. The fourth-order valence-corrected chi connectivity index (χ4v) is 3.48. The Balaban J connectivity index is 1.95. The molecule has 1 N–H and O–H groups in total. The summed E-state index contributed by atoms with van der Waals surface area (Å²) in [5.74, 6) is -0.182. The summed E-state index contributed by atoms with van der Waals surface area (Å²) in [6.07, 6.45) is 0. The summed E-state index contributed by atoms with van der Waals surface area (Å²) >= 11 is 0. The maximum Gasteiger partial charge on any atom is 0.196 e. The second-order valence-corrected chi connectivity index (χ2v) is 5.94. The molecule has 0 radical (unpaired) electrons. The van der Waals surface area contributed by atoms with E-state index in [-0.39, 0.29) is 11.6 Å². The molecule has 0 atom stereocenters. The van der Waals surface area contributed by atoms with Crippen molar-refractivity contribution in [2.45, 2.75) is 0 Å². The van der Waals surface area contributed by atoms with Crippen molar-refractivity contribution in [3.8, 4) is 0 Å². The van der Waals surface area contributed by atoms with Gasteiger partial charge in [-0.1, -0.05) is 24.3 Å². The molecule has 5 heteroatoms. The van der Waals surface area contributed by atoms with Crippen LogP contribution in [0.1, 0.15) is 31.8 Å². The lowest BCUT2D eigenvalue weighted by atomic mass is 9.82. The third-order valence-corrected chi connectivity index (χ3v) is 4.67. The Morgan fingerprint density at radius 2 is 1.54 bits per heavy atom. The van der Waals surface area contributed by atoms with E-state index in [4.69, 9.17) is 4.74 Å². The first kappa shape index (κ1) is 14.9. The Hall–Kier alpha value is -2.66. The van der Waals surface area contributed by atoms with Crippen molar-refractivity contribution in [1.29, 1.82) is 0 Å². The van der Waals surface area contributed by atoms with Gasteiger partial charge in [-0.25, -0.2) is 0 Å². The lowest BCUT2D eigenvalue weighted by Crippen LogP contribution is -2.38. The highest BCUT2D eigenvalue weighted by molar-refractivity contribution is 6.31. The van der Waals surface area contributed by atoms with Crippen LogP contribution in [0.2, 0.25) is 0 Å². The maximum atomic E-state index is 13.1. The summed E-state index contributed by atoms with van der Waals surface area (Å²) in [6, 6.07) is 10.8. The van der Waals surface area contributed by atoms with Gasteiger partial charge in [-0.05, 0) is 12.1 Å². The first-order chi connectivity index (χ1) is 11.7. The van der Waals surface area contributed by atoms with E-state index in [0.717, 1.165) is 5.69 Å². The molecule has 2 aromatic rings. The van der Waals surface area contributed by atoms with Gasteiger partial charge in [0, 0.05) is 42.6 Å². The van der Waals surface area contributed by atoms with Gasteiger partial charge in [0.05, 0.1) is 24.3 Å². The summed E-state index contributed by atoms with van der Waals surface area (Å²) in [6.45, 7) is 2.69. The van der Waals surface area contributed by atoms with E-state index in [1.165, 1.54) is 0 Å². The highest BCUT2D eigenvalue weighted by Gasteiger charge is 2.34. The molecule has 5 nitrogen and oxygen atoms in total. The molecular weight excluding hydrogens is 304 g/mol. The van der Waals surface area contributed by atoms with Gasteiger partial charge in [-0.15, -0.1) is 0 Å². The fraction of sp³-hybridized carbons (Fsp3) is 0.263. The monoisotopic (exact) mass is 322 g/mol. The zero-order valence-corrected chi connectivity index (χ0v) is 13.5. The molecule has 24 heavy (non-hydrogen) atoms. The lowest BCUT2D eigenvalue weighted by molar-refractivity contribution is 0.0978. The molecule has 1 heterocycles. The zero-order valence-electron chi connectivity index (χ0n) is 13.5. The molecule has 2 aliphatic rings. The molecule has 0 amide bonds. The van der Waals surface area contributed by atoms with Crippen molar-refractivity contribution in [1.82, 2.24) is 0 Å². The quantitative estimate of drug-likeness (QED) is 0.785. The summed E-state index contributed by atoms with van der Waals surface area (Å²) < 4.78 is 5.41. The van der Waals surface area contributed by atoms with E-state index in [0.29, 0.717) is 54.2 Å². The predicted molar refractivity (Wildman–Crippen MR) is 92.3 cm³/mol. The van der Waals surface area contributed by atoms with E-state index in [1.54, 1.807) is 31.3 Å². The van der Waals surface area contributed by atoms with Gasteiger partial charge in [0.2, 0.25) is 0 Å². The van der Waals surface area contributed by atoms with E-state index < -0.39 is 0 Å². The lowest BCUT2D eigenvalue weighted by Gasteiger charge is -2.32. The maximum absolute atomic E-state index is 13.1. The topological polar surface area (TPSA) is 58.6 Å². The summed E-state index contributed by atoms with van der Waals surface area (Å²) in [5.41, 5.74) is 3.45.